The van der Waals surface area contributed by atoms with Crippen molar-refractivity contribution in [1.29, 1.82) is 0 Å². The van der Waals surface area contributed by atoms with E-state index < -0.39 is 23.5 Å². The van der Waals surface area contributed by atoms with Gasteiger partial charge < -0.3 is 16.0 Å². The van der Waals surface area contributed by atoms with E-state index in [-0.39, 0.29) is 31.1 Å². The fourth-order valence-corrected chi connectivity index (χ4v) is 2.04. The van der Waals surface area contributed by atoms with Gasteiger partial charge >= 0.3 is 6.18 Å². The smallest absolute Gasteiger partial charge is 0.355 e. The number of aliphatic imine (C=N–C) groups is 1. The first-order valence-corrected chi connectivity index (χ1v) is 7.82. The first-order chi connectivity index (χ1) is 12.8. The highest BCUT2D eigenvalue weighted by Crippen LogP contribution is 2.27. The number of halogens is 5. The molecule has 0 aliphatic rings. The fourth-order valence-electron chi connectivity index (χ4n) is 2.04. The summed E-state index contributed by atoms with van der Waals surface area (Å²) in [6, 6.07) is 3.90. The first-order valence-electron chi connectivity index (χ1n) is 7.82. The number of guanidine groups is 1. The molecule has 0 aliphatic heterocycles. The van der Waals surface area contributed by atoms with E-state index >= 15 is 0 Å². The molecule has 0 unspecified atom stereocenters. The summed E-state index contributed by atoms with van der Waals surface area (Å²) in [5, 5.41) is 8.33. The summed E-state index contributed by atoms with van der Waals surface area (Å²) in [5.74, 6) is -0.953. The van der Waals surface area contributed by atoms with Crippen molar-refractivity contribution < 1.29 is 22.0 Å². The van der Waals surface area contributed by atoms with Crippen molar-refractivity contribution in [3.63, 3.8) is 0 Å². The Labute approximate surface area is 151 Å². The van der Waals surface area contributed by atoms with E-state index in [9.17, 15) is 22.0 Å². The molecule has 1 heterocycles. The van der Waals surface area contributed by atoms with Gasteiger partial charge in [-0.2, -0.15) is 13.2 Å². The van der Waals surface area contributed by atoms with Gasteiger partial charge in [-0.15, -0.1) is 0 Å². The topological polar surface area (TPSA) is 74.2 Å². The van der Waals surface area contributed by atoms with Gasteiger partial charge in [-0.1, -0.05) is 0 Å². The van der Waals surface area contributed by atoms with E-state index in [1.807, 2.05) is 0 Å². The van der Waals surface area contributed by atoms with Crippen LogP contribution in [0.1, 0.15) is 11.3 Å². The molecule has 0 fully saturated rings. The lowest BCUT2D eigenvalue weighted by Gasteiger charge is -2.13. The molecule has 2 rings (SSSR count). The van der Waals surface area contributed by atoms with Crippen LogP contribution in [0, 0.1) is 11.6 Å². The molecule has 0 aliphatic carbocycles. The SMILES string of the molecule is CN=C(NCCNc1nccc(C(F)(F)F)n1)NCc1cc(F)ccc1F. The van der Waals surface area contributed by atoms with Crippen LogP contribution in [0.2, 0.25) is 0 Å². The Hall–Kier alpha value is -2.98. The Balaban J connectivity index is 1.79. The van der Waals surface area contributed by atoms with Gasteiger partial charge in [0.05, 0.1) is 0 Å². The third-order valence-electron chi connectivity index (χ3n) is 3.32. The van der Waals surface area contributed by atoms with Gasteiger partial charge in [-0.05, 0) is 24.3 Å². The number of anilines is 1. The largest absolute Gasteiger partial charge is 0.433 e. The molecule has 0 bridgehead atoms. The number of alkyl halides is 3. The number of hydrogen-bond donors (Lipinski definition) is 3. The maximum absolute atomic E-state index is 13.6. The highest BCUT2D eigenvalue weighted by Gasteiger charge is 2.32. The first kappa shape index (κ1) is 20.3. The second-order valence-electron chi connectivity index (χ2n) is 5.28. The zero-order valence-corrected chi connectivity index (χ0v) is 14.2. The maximum atomic E-state index is 13.6. The van der Waals surface area contributed by atoms with Crippen LogP contribution >= 0.6 is 0 Å². The maximum Gasteiger partial charge on any atom is 0.433 e. The van der Waals surface area contributed by atoms with E-state index in [1.165, 1.54) is 7.05 Å². The summed E-state index contributed by atoms with van der Waals surface area (Å²) in [7, 11) is 1.49. The molecule has 0 spiro atoms. The highest BCUT2D eigenvalue weighted by atomic mass is 19.4. The molecule has 6 nitrogen and oxygen atoms in total. The van der Waals surface area contributed by atoms with Crippen LogP contribution in [0.4, 0.5) is 27.9 Å². The summed E-state index contributed by atoms with van der Waals surface area (Å²) < 4.78 is 64.4. The van der Waals surface area contributed by atoms with Gasteiger partial charge in [-0.3, -0.25) is 4.99 Å². The number of nitrogens with zero attached hydrogens (tertiary/aromatic N) is 3. The van der Waals surface area contributed by atoms with Crippen molar-refractivity contribution in [2.24, 2.45) is 4.99 Å². The van der Waals surface area contributed by atoms with Gasteiger partial charge in [-0.25, -0.2) is 18.7 Å². The number of nitrogens with one attached hydrogen (secondary N) is 3. The molecule has 0 saturated carbocycles. The van der Waals surface area contributed by atoms with Crippen molar-refractivity contribution >= 4 is 11.9 Å². The molecule has 2 aromatic rings. The standard InChI is InChI=1S/C16H17F5N6/c1-22-14(26-9-10-8-11(17)2-3-12(10)18)24-6-7-25-15-23-5-4-13(27-15)16(19,20)21/h2-5,8H,6-7,9H2,1H3,(H2,22,24,26)(H,23,25,27). The molecule has 3 N–H and O–H groups in total. The number of rotatable bonds is 6. The molecule has 0 radical (unpaired) electrons. The predicted molar refractivity (Wildman–Crippen MR) is 90.1 cm³/mol. The van der Waals surface area contributed by atoms with Gasteiger partial charge in [0.25, 0.3) is 0 Å². The minimum Gasteiger partial charge on any atom is -0.355 e. The zero-order valence-electron chi connectivity index (χ0n) is 14.2. The number of benzene rings is 1. The highest BCUT2D eigenvalue weighted by molar-refractivity contribution is 5.79. The second-order valence-corrected chi connectivity index (χ2v) is 5.28. The minimum atomic E-state index is -4.55. The Morgan fingerprint density at radius 2 is 1.89 bits per heavy atom. The molecule has 11 heteroatoms. The molecule has 0 saturated heterocycles. The molecule has 0 atom stereocenters. The summed E-state index contributed by atoms with van der Waals surface area (Å²) in [6.07, 6.45) is -3.53. The minimum absolute atomic E-state index is 0.00738. The van der Waals surface area contributed by atoms with Crippen LogP contribution in [-0.2, 0) is 12.7 Å². The van der Waals surface area contributed by atoms with Crippen molar-refractivity contribution in [3.05, 3.63) is 53.4 Å². The van der Waals surface area contributed by atoms with Crippen LogP contribution in [0.25, 0.3) is 0 Å². The lowest BCUT2D eigenvalue weighted by molar-refractivity contribution is -0.141. The molecule has 1 aromatic heterocycles. The van der Waals surface area contributed by atoms with Crippen molar-refractivity contribution in [2.75, 3.05) is 25.5 Å². The van der Waals surface area contributed by atoms with Crippen molar-refractivity contribution in [2.45, 2.75) is 12.7 Å². The van der Waals surface area contributed by atoms with Gasteiger partial charge in [0.2, 0.25) is 5.95 Å². The van der Waals surface area contributed by atoms with Crippen molar-refractivity contribution in [1.82, 2.24) is 20.6 Å². The summed E-state index contributed by atoms with van der Waals surface area (Å²) in [4.78, 5) is 11.0. The summed E-state index contributed by atoms with van der Waals surface area (Å²) in [6.45, 7) is 0.481. The predicted octanol–water partition coefficient (Wildman–Crippen LogP) is 2.55. The van der Waals surface area contributed by atoms with Crippen LogP contribution in [0.3, 0.4) is 0 Å². The third kappa shape index (κ3) is 6.35. The lowest BCUT2D eigenvalue weighted by atomic mass is 10.2. The number of hydrogen-bond acceptors (Lipinski definition) is 4. The van der Waals surface area contributed by atoms with Gasteiger partial charge in [0.15, 0.2) is 5.96 Å². The van der Waals surface area contributed by atoms with E-state index in [2.05, 4.69) is 30.9 Å². The Bertz CT molecular complexity index is 793. The van der Waals surface area contributed by atoms with E-state index in [0.29, 0.717) is 5.96 Å². The average Bonchev–Trinajstić information content (AvgIpc) is 2.63. The van der Waals surface area contributed by atoms with E-state index in [4.69, 9.17) is 0 Å². The van der Waals surface area contributed by atoms with Crippen LogP contribution < -0.4 is 16.0 Å². The molecular weight excluding hydrogens is 371 g/mol. The zero-order chi connectivity index (χ0) is 19.9. The fraction of sp³-hybridized carbons (Fsp3) is 0.312. The van der Waals surface area contributed by atoms with E-state index in [0.717, 1.165) is 30.5 Å². The third-order valence-corrected chi connectivity index (χ3v) is 3.32. The Morgan fingerprint density at radius 1 is 1.11 bits per heavy atom. The van der Waals surface area contributed by atoms with Crippen molar-refractivity contribution in [3.8, 4) is 0 Å². The monoisotopic (exact) mass is 388 g/mol. The molecule has 27 heavy (non-hydrogen) atoms. The van der Waals surface area contributed by atoms with Crippen LogP contribution in [-0.4, -0.2) is 36.1 Å². The van der Waals surface area contributed by atoms with Crippen LogP contribution in [0.5, 0.6) is 0 Å². The average molecular weight is 388 g/mol. The molecule has 146 valence electrons. The second kappa shape index (κ2) is 9.10. The number of aromatic nitrogens is 2. The van der Waals surface area contributed by atoms with Gasteiger partial charge in [0, 0.05) is 38.4 Å². The van der Waals surface area contributed by atoms with Gasteiger partial charge in [0.1, 0.15) is 17.3 Å². The summed E-state index contributed by atoms with van der Waals surface area (Å²) >= 11 is 0. The molecule has 1 aromatic carbocycles. The van der Waals surface area contributed by atoms with E-state index in [1.54, 1.807) is 0 Å². The quantitative estimate of drug-likeness (QED) is 0.307. The Morgan fingerprint density at radius 3 is 2.59 bits per heavy atom. The van der Waals surface area contributed by atoms with Crippen LogP contribution in [0.15, 0.2) is 35.5 Å². The molecule has 0 amide bonds. The molecular formula is C16H17F5N6. The lowest BCUT2D eigenvalue weighted by Crippen LogP contribution is -2.39. The Kier molecular flexibility index (Phi) is 6.85. The summed E-state index contributed by atoms with van der Waals surface area (Å²) in [5.41, 5.74) is -0.906. The normalized spacial score (nSPS) is 12.0.